The number of halogens is 2. The Morgan fingerprint density at radius 3 is 2.50 bits per heavy atom. The van der Waals surface area contributed by atoms with Crippen LogP contribution in [0.2, 0.25) is 5.02 Å². The second-order valence-corrected chi connectivity index (χ2v) is 5.49. The minimum absolute atomic E-state index is 0.00952. The van der Waals surface area contributed by atoms with Gasteiger partial charge in [0.2, 0.25) is 0 Å². The molecule has 0 heterocycles. The molecule has 0 radical (unpaired) electrons. The summed E-state index contributed by atoms with van der Waals surface area (Å²) in [6.45, 7) is 6.31. The van der Waals surface area contributed by atoms with E-state index in [0.717, 1.165) is 11.6 Å². The number of ether oxygens (including phenoxy) is 1. The molecular weight excluding hydrogens is 277 g/mol. The smallest absolute Gasteiger partial charge is 0.151 e. The van der Waals surface area contributed by atoms with Crippen LogP contribution in [0.1, 0.15) is 30.9 Å². The third kappa shape index (κ3) is 3.05. The van der Waals surface area contributed by atoms with Gasteiger partial charge in [-0.05, 0) is 36.1 Å². The van der Waals surface area contributed by atoms with E-state index in [1.807, 2.05) is 25.1 Å². The maximum absolute atomic E-state index is 13.2. The molecule has 4 heteroatoms. The minimum Gasteiger partial charge on any atom is -0.455 e. The van der Waals surface area contributed by atoms with Crippen LogP contribution in [0.15, 0.2) is 30.3 Å². The summed E-state index contributed by atoms with van der Waals surface area (Å²) in [6, 6.07) is 8.38. The van der Waals surface area contributed by atoms with E-state index < -0.39 is 5.82 Å². The highest BCUT2D eigenvalue weighted by Crippen LogP contribution is 2.33. The first-order valence-electron chi connectivity index (χ1n) is 6.41. The molecule has 2 nitrogen and oxygen atoms in total. The minimum atomic E-state index is -0.553. The molecule has 0 amide bonds. The van der Waals surface area contributed by atoms with Crippen LogP contribution in [-0.2, 0) is 0 Å². The van der Waals surface area contributed by atoms with E-state index in [-0.39, 0.29) is 10.7 Å². The summed E-state index contributed by atoms with van der Waals surface area (Å²) in [4.78, 5) is 0. The van der Waals surface area contributed by atoms with Gasteiger partial charge in [-0.25, -0.2) is 4.39 Å². The number of rotatable bonds is 3. The van der Waals surface area contributed by atoms with Gasteiger partial charge >= 0.3 is 0 Å². The van der Waals surface area contributed by atoms with Gasteiger partial charge in [0.25, 0.3) is 0 Å². The number of benzene rings is 2. The highest BCUT2D eigenvalue weighted by Gasteiger charge is 2.10. The van der Waals surface area contributed by atoms with Crippen LogP contribution in [0.4, 0.5) is 10.1 Å². The van der Waals surface area contributed by atoms with Crippen molar-refractivity contribution in [2.45, 2.75) is 26.7 Å². The van der Waals surface area contributed by atoms with Crippen molar-refractivity contribution in [3.05, 3.63) is 52.3 Å². The predicted octanol–water partition coefficient (Wildman–Crippen LogP) is 5.29. The van der Waals surface area contributed by atoms with Crippen LogP contribution in [0.5, 0.6) is 11.5 Å². The Morgan fingerprint density at radius 1 is 1.20 bits per heavy atom. The Labute approximate surface area is 123 Å². The lowest BCUT2D eigenvalue weighted by atomic mass is 9.98. The van der Waals surface area contributed by atoms with Crippen LogP contribution in [0, 0.1) is 12.7 Å². The van der Waals surface area contributed by atoms with Crippen LogP contribution < -0.4 is 10.5 Å². The van der Waals surface area contributed by atoms with Crippen molar-refractivity contribution in [2.24, 2.45) is 0 Å². The molecular formula is C16H17ClFNO. The molecule has 2 aromatic carbocycles. The normalized spacial score (nSPS) is 10.9. The molecule has 0 aliphatic carbocycles. The molecule has 2 N–H and O–H groups in total. The zero-order valence-electron chi connectivity index (χ0n) is 11.7. The maximum atomic E-state index is 13.2. The monoisotopic (exact) mass is 293 g/mol. The number of hydrogen-bond donors (Lipinski definition) is 1. The lowest BCUT2D eigenvalue weighted by Crippen LogP contribution is -1.96. The standard InChI is InChI=1S/C16H17ClFNO/c1-9(2)12-5-4-11(6-10(12)3)20-16-7-13(17)14(18)8-15(16)19/h4-9H,19H2,1-3H3. The number of aryl methyl sites for hydroxylation is 1. The van der Waals surface area contributed by atoms with Gasteiger partial charge in [0.15, 0.2) is 5.75 Å². The molecule has 0 aromatic heterocycles. The summed E-state index contributed by atoms with van der Waals surface area (Å²) in [5.74, 6) is 0.909. The molecule has 0 saturated carbocycles. The van der Waals surface area contributed by atoms with Gasteiger partial charge in [0.1, 0.15) is 11.6 Å². The van der Waals surface area contributed by atoms with Crippen molar-refractivity contribution in [1.82, 2.24) is 0 Å². The second kappa shape index (κ2) is 5.71. The Balaban J connectivity index is 2.31. The van der Waals surface area contributed by atoms with Crippen LogP contribution in [0.3, 0.4) is 0 Å². The Bertz CT molecular complexity index is 641. The van der Waals surface area contributed by atoms with Crippen molar-refractivity contribution in [1.29, 1.82) is 0 Å². The second-order valence-electron chi connectivity index (χ2n) is 5.08. The Morgan fingerprint density at radius 2 is 1.90 bits per heavy atom. The zero-order valence-corrected chi connectivity index (χ0v) is 12.5. The molecule has 0 saturated heterocycles. The first kappa shape index (κ1) is 14.7. The average molecular weight is 294 g/mol. The van der Waals surface area contributed by atoms with Crippen LogP contribution >= 0.6 is 11.6 Å². The highest BCUT2D eigenvalue weighted by atomic mass is 35.5. The van der Waals surface area contributed by atoms with Gasteiger partial charge in [0.05, 0.1) is 10.7 Å². The molecule has 0 unspecified atom stereocenters. The van der Waals surface area contributed by atoms with E-state index in [1.165, 1.54) is 11.6 Å². The van der Waals surface area contributed by atoms with Crippen molar-refractivity contribution >= 4 is 17.3 Å². The number of anilines is 1. The molecule has 0 aliphatic rings. The fourth-order valence-corrected chi connectivity index (χ4v) is 2.27. The molecule has 106 valence electrons. The average Bonchev–Trinajstić information content (AvgIpc) is 2.35. The fourth-order valence-electron chi connectivity index (χ4n) is 2.12. The van der Waals surface area contributed by atoms with Crippen molar-refractivity contribution in [3.63, 3.8) is 0 Å². The van der Waals surface area contributed by atoms with E-state index in [4.69, 9.17) is 22.1 Å². The van der Waals surface area contributed by atoms with Gasteiger partial charge in [-0.2, -0.15) is 0 Å². The van der Waals surface area contributed by atoms with E-state index >= 15 is 0 Å². The summed E-state index contributed by atoms with van der Waals surface area (Å²) >= 11 is 5.74. The summed E-state index contributed by atoms with van der Waals surface area (Å²) in [5.41, 5.74) is 8.36. The van der Waals surface area contributed by atoms with Crippen molar-refractivity contribution < 1.29 is 9.13 Å². The maximum Gasteiger partial charge on any atom is 0.151 e. The zero-order chi connectivity index (χ0) is 14.9. The van der Waals surface area contributed by atoms with Crippen molar-refractivity contribution in [3.8, 4) is 11.5 Å². The molecule has 0 fully saturated rings. The van der Waals surface area contributed by atoms with E-state index in [1.54, 1.807) is 0 Å². The van der Waals surface area contributed by atoms with Crippen LogP contribution in [-0.4, -0.2) is 0 Å². The summed E-state index contributed by atoms with van der Waals surface area (Å²) in [7, 11) is 0. The number of nitrogens with two attached hydrogens (primary N) is 1. The number of nitrogen functional groups attached to an aromatic ring is 1. The summed E-state index contributed by atoms with van der Waals surface area (Å²) in [5, 5.41) is -0.00952. The lowest BCUT2D eigenvalue weighted by molar-refractivity contribution is 0.482. The van der Waals surface area contributed by atoms with Gasteiger partial charge in [-0.15, -0.1) is 0 Å². The Kier molecular flexibility index (Phi) is 4.19. The first-order chi connectivity index (χ1) is 9.38. The summed E-state index contributed by atoms with van der Waals surface area (Å²) in [6.07, 6.45) is 0. The first-order valence-corrected chi connectivity index (χ1v) is 6.79. The van der Waals surface area contributed by atoms with Gasteiger partial charge < -0.3 is 10.5 Å². The quantitative estimate of drug-likeness (QED) is 0.781. The predicted molar refractivity (Wildman–Crippen MR) is 81.2 cm³/mol. The molecule has 0 bridgehead atoms. The van der Waals surface area contributed by atoms with E-state index in [9.17, 15) is 4.39 Å². The molecule has 20 heavy (non-hydrogen) atoms. The van der Waals surface area contributed by atoms with E-state index in [0.29, 0.717) is 17.4 Å². The lowest BCUT2D eigenvalue weighted by Gasteiger charge is -2.13. The van der Waals surface area contributed by atoms with Gasteiger partial charge in [-0.3, -0.25) is 0 Å². The third-order valence-electron chi connectivity index (χ3n) is 3.14. The molecule has 0 atom stereocenters. The fraction of sp³-hybridized carbons (Fsp3) is 0.250. The molecule has 2 rings (SSSR count). The van der Waals surface area contributed by atoms with Crippen LogP contribution in [0.25, 0.3) is 0 Å². The Hall–Kier alpha value is -1.74. The molecule has 2 aromatic rings. The third-order valence-corrected chi connectivity index (χ3v) is 3.43. The number of hydrogen-bond acceptors (Lipinski definition) is 2. The SMILES string of the molecule is Cc1cc(Oc2cc(Cl)c(F)cc2N)ccc1C(C)C. The largest absolute Gasteiger partial charge is 0.455 e. The van der Waals surface area contributed by atoms with Gasteiger partial charge in [-0.1, -0.05) is 31.5 Å². The topological polar surface area (TPSA) is 35.2 Å². The summed E-state index contributed by atoms with van der Waals surface area (Å²) < 4.78 is 18.9. The van der Waals surface area contributed by atoms with Gasteiger partial charge in [0, 0.05) is 12.1 Å². The molecule has 0 aliphatic heterocycles. The van der Waals surface area contributed by atoms with E-state index in [2.05, 4.69) is 13.8 Å². The van der Waals surface area contributed by atoms with Crippen molar-refractivity contribution in [2.75, 3.05) is 5.73 Å². The molecule has 0 spiro atoms. The highest BCUT2D eigenvalue weighted by molar-refractivity contribution is 6.31.